The Balaban J connectivity index is 2.18. The molecule has 148 valence electrons. The lowest BCUT2D eigenvalue weighted by Gasteiger charge is -2.18. The molecule has 0 fully saturated rings. The molecule has 1 aliphatic heterocycles. The summed E-state index contributed by atoms with van der Waals surface area (Å²) >= 11 is 3.74. The number of aryl methyl sites for hydroxylation is 2. The number of halogens is 1. The number of benzene rings is 3. The zero-order valence-electron chi connectivity index (χ0n) is 17.3. The van der Waals surface area contributed by atoms with Crippen LogP contribution in [0.25, 0.3) is 33.4 Å². The summed E-state index contributed by atoms with van der Waals surface area (Å²) in [5.74, 6) is 0.891. The zero-order valence-corrected chi connectivity index (χ0v) is 18.9. The molecule has 4 heteroatoms. The standard InChI is InChI=1S/C25H25BrN2O/c1-5-27-21-13-23-18(11-16(21)4)25(17-10-8-7-9-15(17)3)19-12-20(26)22(28-6-2)14-24(19)29-23/h7-14,28H,5-6H2,1-4H3/p+1. The highest BCUT2D eigenvalue weighted by atomic mass is 79.9. The maximum atomic E-state index is 6.43. The Labute approximate surface area is 180 Å². The average Bonchev–Trinajstić information content (AvgIpc) is 2.69. The third-order valence-electron chi connectivity index (χ3n) is 5.30. The molecule has 0 saturated heterocycles. The van der Waals surface area contributed by atoms with Crippen molar-refractivity contribution in [3.63, 3.8) is 0 Å². The van der Waals surface area contributed by atoms with Gasteiger partial charge in [-0.25, -0.2) is 4.99 Å². The van der Waals surface area contributed by atoms with Gasteiger partial charge in [-0.2, -0.15) is 0 Å². The molecule has 0 radical (unpaired) electrons. The Bertz CT molecular complexity index is 1240. The summed E-state index contributed by atoms with van der Waals surface area (Å²) in [6.07, 6.45) is 0. The third-order valence-corrected chi connectivity index (χ3v) is 5.96. The summed E-state index contributed by atoms with van der Waals surface area (Å²) in [4.78, 5) is 3.45. The molecule has 29 heavy (non-hydrogen) atoms. The molecule has 1 heterocycles. The van der Waals surface area contributed by atoms with Crippen LogP contribution in [0.2, 0.25) is 0 Å². The van der Waals surface area contributed by atoms with Gasteiger partial charge in [0.15, 0.2) is 0 Å². The van der Waals surface area contributed by atoms with E-state index in [-0.39, 0.29) is 0 Å². The summed E-state index contributed by atoms with van der Waals surface area (Å²) in [5, 5.41) is 5.63. The molecular weight excluding hydrogens is 424 g/mol. The van der Waals surface area contributed by atoms with Gasteiger partial charge >= 0.3 is 0 Å². The predicted octanol–water partition coefficient (Wildman–Crippen LogP) is 5.02. The average molecular weight is 450 g/mol. The highest BCUT2D eigenvalue weighted by Gasteiger charge is 2.21. The normalized spacial score (nSPS) is 12.1. The van der Waals surface area contributed by atoms with E-state index in [1.54, 1.807) is 0 Å². The van der Waals surface area contributed by atoms with Gasteiger partial charge in [-0.15, -0.1) is 0 Å². The van der Waals surface area contributed by atoms with Gasteiger partial charge in [0.25, 0.3) is 0 Å². The fourth-order valence-electron chi connectivity index (χ4n) is 3.92. The zero-order chi connectivity index (χ0) is 20.5. The van der Waals surface area contributed by atoms with Gasteiger partial charge in [0.05, 0.1) is 11.8 Å². The minimum Gasteiger partial charge on any atom is -0.456 e. The SMILES string of the molecule is CCNc1cc2oc3cc(=[NH+]CC)c(C)cc-3c(-c3ccccc3C)c2cc1Br. The Morgan fingerprint density at radius 1 is 0.966 bits per heavy atom. The summed E-state index contributed by atoms with van der Waals surface area (Å²) in [6, 6.07) is 17.2. The molecule has 0 atom stereocenters. The molecule has 0 unspecified atom stereocenters. The van der Waals surface area contributed by atoms with Crippen LogP contribution in [0, 0.1) is 13.8 Å². The van der Waals surface area contributed by atoms with Crippen LogP contribution in [0.4, 0.5) is 5.69 Å². The smallest absolute Gasteiger partial charge is 0.204 e. The van der Waals surface area contributed by atoms with E-state index in [9.17, 15) is 0 Å². The molecule has 0 amide bonds. The van der Waals surface area contributed by atoms with Crippen LogP contribution in [0.15, 0.2) is 57.4 Å². The number of anilines is 1. The van der Waals surface area contributed by atoms with Gasteiger partial charge in [-0.1, -0.05) is 24.3 Å². The fraction of sp³-hybridized carbons (Fsp3) is 0.240. The first-order chi connectivity index (χ1) is 14.0. The first-order valence-electron chi connectivity index (χ1n) is 10.1. The van der Waals surface area contributed by atoms with Crippen molar-refractivity contribution in [2.45, 2.75) is 27.7 Å². The molecule has 0 bridgehead atoms. The largest absolute Gasteiger partial charge is 0.456 e. The number of fused-ring (bicyclic) bond motifs is 2. The van der Waals surface area contributed by atoms with Crippen molar-refractivity contribution in [3.8, 4) is 22.5 Å². The Hall–Kier alpha value is -2.59. The molecular formula is C25H26BrN2O+. The second-order valence-corrected chi connectivity index (χ2v) is 8.20. The van der Waals surface area contributed by atoms with Gasteiger partial charge < -0.3 is 9.73 Å². The van der Waals surface area contributed by atoms with Crippen LogP contribution in [0.1, 0.15) is 25.0 Å². The molecule has 3 nitrogen and oxygen atoms in total. The molecule has 0 saturated carbocycles. The summed E-state index contributed by atoms with van der Waals surface area (Å²) in [5.41, 5.74) is 7.97. The van der Waals surface area contributed by atoms with Crippen LogP contribution in [0.3, 0.4) is 0 Å². The predicted molar refractivity (Wildman–Crippen MR) is 124 cm³/mol. The van der Waals surface area contributed by atoms with E-state index < -0.39 is 0 Å². The van der Waals surface area contributed by atoms with E-state index in [4.69, 9.17) is 4.42 Å². The molecule has 0 aromatic heterocycles. The van der Waals surface area contributed by atoms with Crippen molar-refractivity contribution in [2.75, 3.05) is 18.4 Å². The quantitative estimate of drug-likeness (QED) is 0.429. The van der Waals surface area contributed by atoms with Crippen LogP contribution < -0.4 is 15.7 Å². The molecule has 1 aliphatic carbocycles. The van der Waals surface area contributed by atoms with Crippen LogP contribution in [0.5, 0.6) is 0 Å². The number of rotatable bonds is 4. The van der Waals surface area contributed by atoms with Crippen LogP contribution >= 0.6 is 15.9 Å². The van der Waals surface area contributed by atoms with Crippen molar-refractivity contribution in [1.82, 2.24) is 0 Å². The first-order valence-corrected chi connectivity index (χ1v) is 10.9. The lowest BCUT2D eigenvalue weighted by atomic mass is 9.90. The van der Waals surface area contributed by atoms with E-state index in [1.165, 1.54) is 22.3 Å². The Morgan fingerprint density at radius 3 is 2.48 bits per heavy atom. The highest BCUT2D eigenvalue weighted by molar-refractivity contribution is 9.10. The van der Waals surface area contributed by atoms with Gasteiger partial charge in [-0.3, -0.25) is 0 Å². The monoisotopic (exact) mass is 449 g/mol. The maximum Gasteiger partial charge on any atom is 0.204 e. The molecule has 2 aromatic carbocycles. The molecule has 4 rings (SSSR count). The number of nitrogens with one attached hydrogen (secondary N) is 2. The fourth-order valence-corrected chi connectivity index (χ4v) is 4.40. The van der Waals surface area contributed by atoms with Crippen LogP contribution in [-0.4, -0.2) is 13.1 Å². The van der Waals surface area contributed by atoms with Gasteiger partial charge in [0.2, 0.25) is 5.36 Å². The van der Waals surface area contributed by atoms with E-state index in [2.05, 4.69) is 102 Å². The Morgan fingerprint density at radius 2 is 1.76 bits per heavy atom. The summed E-state index contributed by atoms with van der Waals surface area (Å²) in [6.45, 7) is 10.2. The van der Waals surface area contributed by atoms with E-state index in [0.717, 1.165) is 50.9 Å². The molecule has 0 spiro atoms. The van der Waals surface area contributed by atoms with Crippen molar-refractivity contribution < 1.29 is 9.41 Å². The second-order valence-electron chi connectivity index (χ2n) is 7.34. The minimum atomic E-state index is 0.853. The maximum absolute atomic E-state index is 6.43. The molecule has 2 aromatic rings. The highest BCUT2D eigenvalue weighted by Crippen LogP contribution is 2.43. The van der Waals surface area contributed by atoms with Crippen molar-refractivity contribution in [2.24, 2.45) is 0 Å². The number of hydrogen-bond acceptors (Lipinski definition) is 2. The first kappa shape index (κ1) is 19.7. The van der Waals surface area contributed by atoms with E-state index >= 15 is 0 Å². The number of hydrogen-bond donors (Lipinski definition) is 2. The van der Waals surface area contributed by atoms with E-state index in [1.807, 2.05) is 0 Å². The third kappa shape index (κ3) is 3.58. The topological polar surface area (TPSA) is 39.1 Å². The summed E-state index contributed by atoms with van der Waals surface area (Å²) < 4.78 is 7.47. The van der Waals surface area contributed by atoms with Crippen molar-refractivity contribution in [3.05, 3.63) is 69.5 Å². The van der Waals surface area contributed by atoms with Crippen molar-refractivity contribution in [1.29, 1.82) is 0 Å². The van der Waals surface area contributed by atoms with Crippen LogP contribution in [-0.2, 0) is 0 Å². The minimum absolute atomic E-state index is 0.853. The lowest BCUT2D eigenvalue weighted by Crippen LogP contribution is -2.76. The van der Waals surface area contributed by atoms with Crippen molar-refractivity contribution >= 4 is 32.6 Å². The Kier molecular flexibility index (Phi) is 5.46. The molecule has 2 aliphatic rings. The molecule has 2 N–H and O–H groups in total. The van der Waals surface area contributed by atoms with Gasteiger partial charge in [-0.05, 0) is 66.9 Å². The lowest BCUT2D eigenvalue weighted by molar-refractivity contribution is -0.496. The second kappa shape index (κ2) is 8.03. The van der Waals surface area contributed by atoms with E-state index in [0.29, 0.717) is 0 Å². The summed E-state index contributed by atoms with van der Waals surface area (Å²) in [7, 11) is 0. The van der Waals surface area contributed by atoms with Gasteiger partial charge in [0, 0.05) is 39.2 Å². The van der Waals surface area contributed by atoms with Gasteiger partial charge in [0.1, 0.15) is 17.9 Å².